The number of hydrogen-bond acceptors (Lipinski definition) is 4. The molecule has 12 heavy (non-hydrogen) atoms. The maximum Gasteiger partial charge on any atom is 0.134 e. The van der Waals surface area contributed by atoms with Gasteiger partial charge in [0.1, 0.15) is 12.4 Å². The minimum Gasteiger partial charge on any atom is -0.467 e. The summed E-state index contributed by atoms with van der Waals surface area (Å²) in [7, 11) is 3.25. The molecule has 2 N–H and O–H groups in total. The predicted octanol–water partition coefficient (Wildman–Crippen LogP) is 0.527. The fraction of sp³-hybridized carbons (Fsp3) is 0.500. The average molecular weight is 174 g/mol. The van der Waals surface area contributed by atoms with Gasteiger partial charge >= 0.3 is 0 Å². The molecular weight excluding hydrogens is 160 g/mol. The Morgan fingerprint density at radius 2 is 1.92 bits per heavy atom. The molecule has 0 aromatic carbocycles. The van der Waals surface area contributed by atoms with Crippen molar-refractivity contribution in [3.63, 3.8) is 0 Å². The van der Waals surface area contributed by atoms with Crippen molar-refractivity contribution >= 4 is 0 Å². The first kappa shape index (κ1) is 11.2. The minimum absolute atomic E-state index is 0.0770. The van der Waals surface area contributed by atoms with Crippen LogP contribution in [0.3, 0.4) is 0 Å². The second kappa shape index (κ2) is 6.84. The van der Waals surface area contributed by atoms with E-state index < -0.39 is 0 Å². The molecule has 0 spiro atoms. The van der Waals surface area contributed by atoms with Gasteiger partial charge < -0.3 is 19.4 Å². The minimum atomic E-state index is -0.150. The molecule has 0 aliphatic carbocycles. The van der Waals surface area contributed by atoms with Crippen molar-refractivity contribution in [2.75, 3.05) is 14.2 Å². The van der Waals surface area contributed by atoms with Crippen LogP contribution in [-0.4, -0.2) is 24.4 Å². The number of aliphatic hydroxyl groups is 2. The molecule has 1 aromatic rings. The molecule has 1 heterocycles. The lowest BCUT2D eigenvalue weighted by atomic mass is 10.3. The highest BCUT2D eigenvalue weighted by Gasteiger charge is 2.01. The van der Waals surface area contributed by atoms with Gasteiger partial charge in [-0.05, 0) is 6.07 Å². The summed E-state index contributed by atoms with van der Waals surface area (Å²) in [6, 6.07) is 1.63. The SMILES string of the molecule is COC.OCc1ccoc1CO. The highest BCUT2D eigenvalue weighted by molar-refractivity contribution is 5.14. The van der Waals surface area contributed by atoms with Crippen LogP contribution >= 0.6 is 0 Å². The number of hydrogen-bond donors (Lipinski definition) is 2. The van der Waals surface area contributed by atoms with Gasteiger partial charge in [-0.3, -0.25) is 0 Å². The van der Waals surface area contributed by atoms with Crippen molar-refractivity contribution in [2.45, 2.75) is 13.2 Å². The van der Waals surface area contributed by atoms with Gasteiger partial charge in [-0.2, -0.15) is 0 Å². The summed E-state index contributed by atoms with van der Waals surface area (Å²) in [5.74, 6) is 0.442. The molecule has 0 aliphatic heterocycles. The number of furan rings is 1. The van der Waals surface area contributed by atoms with Gasteiger partial charge in [-0.25, -0.2) is 0 Å². The van der Waals surface area contributed by atoms with E-state index in [2.05, 4.69) is 4.74 Å². The van der Waals surface area contributed by atoms with Crippen LogP contribution in [0.1, 0.15) is 11.3 Å². The van der Waals surface area contributed by atoms with Gasteiger partial charge in [0.15, 0.2) is 0 Å². The monoisotopic (exact) mass is 174 g/mol. The van der Waals surface area contributed by atoms with Gasteiger partial charge in [-0.15, -0.1) is 0 Å². The van der Waals surface area contributed by atoms with E-state index in [4.69, 9.17) is 14.6 Å². The van der Waals surface area contributed by atoms with E-state index in [0.29, 0.717) is 11.3 Å². The molecule has 0 fully saturated rings. The zero-order valence-corrected chi connectivity index (χ0v) is 7.28. The molecule has 70 valence electrons. The molecule has 4 nitrogen and oxygen atoms in total. The molecule has 4 heteroatoms. The van der Waals surface area contributed by atoms with Crippen LogP contribution in [0.25, 0.3) is 0 Å². The third-order valence-electron chi connectivity index (χ3n) is 1.15. The number of methoxy groups -OCH3 is 1. The number of rotatable bonds is 2. The van der Waals surface area contributed by atoms with Crippen LogP contribution in [0, 0.1) is 0 Å². The molecular formula is C8H14O4. The highest BCUT2D eigenvalue weighted by atomic mass is 16.4. The smallest absolute Gasteiger partial charge is 0.134 e. The Morgan fingerprint density at radius 3 is 2.25 bits per heavy atom. The standard InChI is InChI=1S/C6H8O3.C2H6O/c7-3-5-1-2-9-6(5)4-8;1-3-2/h1-2,7-8H,3-4H2;1-2H3. The molecule has 1 aromatic heterocycles. The molecule has 0 amide bonds. The van der Waals surface area contributed by atoms with Crippen molar-refractivity contribution in [3.05, 3.63) is 23.7 Å². The lowest BCUT2D eigenvalue weighted by Crippen LogP contribution is -1.86. The van der Waals surface area contributed by atoms with E-state index in [1.165, 1.54) is 6.26 Å². The highest BCUT2D eigenvalue weighted by Crippen LogP contribution is 2.08. The molecule has 0 atom stereocenters. The Bertz CT molecular complexity index is 176. The molecule has 0 aliphatic rings. The van der Waals surface area contributed by atoms with Crippen molar-refractivity contribution in [1.82, 2.24) is 0 Å². The van der Waals surface area contributed by atoms with E-state index in [1.54, 1.807) is 20.3 Å². The van der Waals surface area contributed by atoms with E-state index in [0.717, 1.165) is 0 Å². The fourth-order valence-electron chi connectivity index (χ4n) is 0.647. The summed E-state index contributed by atoms with van der Waals surface area (Å²) in [4.78, 5) is 0. The lowest BCUT2D eigenvalue weighted by Gasteiger charge is -1.90. The second-order valence-electron chi connectivity index (χ2n) is 2.09. The van der Waals surface area contributed by atoms with Crippen molar-refractivity contribution in [1.29, 1.82) is 0 Å². The maximum atomic E-state index is 8.57. The van der Waals surface area contributed by atoms with Crippen LogP contribution in [0.5, 0.6) is 0 Å². The van der Waals surface area contributed by atoms with Crippen LogP contribution in [0.2, 0.25) is 0 Å². The first-order chi connectivity index (χ1) is 5.79. The van der Waals surface area contributed by atoms with Crippen molar-refractivity contribution < 1.29 is 19.4 Å². The zero-order valence-electron chi connectivity index (χ0n) is 7.28. The quantitative estimate of drug-likeness (QED) is 0.686. The first-order valence-corrected chi connectivity index (χ1v) is 3.47. The summed E-state index contributed by atoms with van der Waals surface area (Å²) in [5.41, 5.74) is 0.650. The molecule has 1 rings (SSSR count). The normalized spacial score (nSPS) is 9.00. The van der Waals surface area contributed by atoms with E-state index in [9.17, 15) is 0 Å². The Labute approximate surface area is 71.4 Å². The van der Waals surface area contributed by atoms with Gasteiger partial charge in [-0.1, -0.05) is 0 Å². The van der Waals surface area contributed by atoms with Crippen LogP contribution < -0.4 is 0 Å². The Hall–Kier alpha value is -0.840. The lowest BCUT2D eigenvalue weighted by molar-refractivity contribution is 0.233. The average Bonchev–Trinajstić information content (AvgIpc) is 2.52. The first-order valence-electron chi connectivity index (χ1n) is 3.47. The molecule has 0 saturated heterocycles. The third-order valence-corrected chi connectivity index (χ3v) is 1.15. The molecule has 0 unspecified atom stereocenters. The largest absolute Gasteiger partial charge is 0.467 e. The topological polar surface area (TPSA) is 62.8 Å². The van der Waals surface area contributed by atoms with Crippen molar-refractivity contribution in [2.24, 2.45) is 0 Å². The summed E-state index contributed by atoms with van der Waals surface area (Å²) in [6.07, 6.45) is 1.44. The van der Waals surface area contributed by atoms with Gasteiger partial charge in [0.05, 0.1) is 12.9 Å². The van der Waals surface area contributed by atoms with E-state index >= 15 is 0 Å². The van der Waals surface area contributed by atoms with Gasteiger partial charge in [0.2, 0.25) is 0 Å². The van der Waals surface area contributed by atoms with Gasteiger partial charge in [0, 0.05) is 19.8 Å². The summed E-state index contributed by atoms with van der Waals surface area (Å²) in [5, 5.41) is 17.1. The predicted molar refractivity (Wildman–Crippen MR) is 43.5 cm³/mol. The maximum absolute atomic E-state index is 8.57. The van der Waals surface area contributed by atoms with Crippen LogP contribution in [0.4, 0.5) is 0 Å². The zero-order chi connectivity index (χ0) is 9.40. The second-order valence-corrected chi connectivity index (χ2v) is 2.09. The Morgan fingerprint density at radius 1 is 1.33 bits per heavy atom. The fourth-order valence-corrected chi connectivity index (χ4v) is 0.647. The summed E-state index contributed by atoms with van der Waals surface area (Å²) in [6.45, 7) is -0.227. The van der Waals surface area contributed by atoms with E-state index in [-0.39, 0.29) is 13.2 Å². The third kappa shape index (κ3) is 3.52. The summed E-state index contributed by atoms with van der Waals surface area (Å²) < 4.78 is 9.04. The number of aliphatic hydroxyl groups excluding tert-OH is 2. The molecule has 0 saturated carbocycles. The molecule has 0 bridgehead atoms. The van der Waals surface area contributed by atoms with Crippen molar-refractivity contribution in [3.8, 4) is 0 Å². The van der Waals surface area contributed by atoms with Gasteiger partial charge in [0.25, 0.3) is 0 Å². The Kier molecular flexibility index (Phi) is 6.37. The number of ether oxygens (including phenoxy) is 1. The summed E-state index contributed by atoms with van der Waals surface area (Å²) >= 11 is 0. The van der Waals surface area contributed by atoms with E-state index in [1.807, 2.05) is 0 Å². The molecule has 0 radical (unpaired) electrons. The Balaban J connectivity index is 0.000000354. The van der Waals surface area contributed by atoms with Crippen LogP contribution in [-0.2, 0) is 18.0 Å². The van der Waals surface area contributed by atoms with Crippen LogP contribution in [0.15, 0.2) is 16.7 Å².